The Bertz CT molecular complexity index is 471. The maximum Gasteiger partial charge on any atom is 0.313 e. The zero-order valence-corrected chi connectivity index (χ0v) is 9.21. The molecule has 2 rings (SSSR count). The second kappa shape index (κ2) is 3.59. The third-order valence-electron chi connectivity index (χ3n) is 1.60. The van der Waals surface area contributed by atoms with Crippen LogP contribution in [0.3, 0.4) is 0 Å². The van der Waals surface area contributed by atoms with Crippen LogP contribution in [0.15, 0.2) is 27.1 Å². The fourth-order valence-corrected chi connectivity index (χ4v) is 1.76. The molecule has 1 aromatic heterocycles. The average Bonchev–Trinajstić information content (AvgIpc) is 2.51. The summed E-state index contributed by atoms with van der Waals surface area (Å²) in [6, 6.07) is 5.39. The third-order valence-corrected chi connectivity index (χ3v) is 2.41. The van der Waals surface area contributed by atoms with Gasteiger partial charge in [0.25, 0.3) is 5.89 Å². The van der Waals surface area contributed by atoms with Gasteiger partial charge in [-0.3, -0.25) is 0 Å². The molecular weight excluding hydrogens is 269 g/mol. The zero-order valence-electron chi connectivity index (χ0n) is 6.87. The minimum Gasteiger partial charge on any atom is -0.404 e. The third kappa shape index (κ3) is 1.73. The number of hydrogen-bond donors (Lipinski definition) is 1. The zero-order chi connectivity index (χ0) is 10.1. The minimum absolute atomic E-state index is 0.0268. The molecule has 14 heavy (non-hydrogen) atoms. The minimum atomic E-state index is 0.0268. The van der Waals surface area contributed by atoms with Crippen molar-refractivity contribution in [1.29, 1.82) is 0 Å². The van der Waals surface area contributed by atoms with Crippen LogP contribution in [-0.2, 0) is 0 Å². The van der Waals surface area contributed by atoms with Crippen molar-refractivity contribution >= 4 is 33.5 Å². The normalized spacial score (nSPS) is 10.4. The second-order valence-electron chi connectivity index (χ2n) is 2.57. The molecule has 2 aromatic rings. The number of halogens is 2. The first-order valence-corrected chi connectivity index (χ1v) is 4.88. The van der Waals surface area contributed by atoms with E-state index in [4.69, 9.17) is 21.8 Å². The standard InChI is InChI=1S/C8H5BrClN3O/c9-4-1-2-5(6(10)3-4)7-12-13-8(11)14-7/h1-3H,(H2,11,13). The van der Waals surface area contributed by atoms with Crippen molar-refractivity contribution < 1.29 is 4.42 Å². The van der Waals surface area contributed by atoms with Gasteiger partial charge in [0, 0.05) is 4.47 Å². The molecule has 0 radical (unpaired) electrons. The van der Waals surface area contributed by atoms with Gasteiger partial charge < -0.3 is 10.2 Å². The highest BCUT2D eigenvalue weighted by molar-refractivity contribution is 9.10. The summed E-state index contributed by atoms with van der Waals surface area (Å²) in [5.74, 6) is 0.319. The van der Waals surface area contributed by atoms with E-state index in [9.17, 15) is 0 Å². The van der Waals surface area contributed by atoms with Gasteiger partial charge in [-0.15, -0.1) is 5.10 Å². The van der Waals surface area contributed by atoms with Crippen molar-refractivity contribution in [1.82, 2.24) is 10.2 Å². The van der Waals surface area contributed by atoms with E-state index in [2.05, 4.69) is 26.1 Å². The quantitative estimate of drug-likeness (QED) is 0.868. The van der Waals surface area contributed by atoms with Crippen LogP contribution < -0.4 is 5.73 Å². The van der Waals surface area contributed by atoms with Gasteiger partial charge >= 0.3 is 6.01 Å². The van der Waals surface area contributed by atoms with Crippen LogP contribution in [-0.4, -0.2) is 10.2 Å². The summed E-state index contributed by atoms with van der Waals surface area (Å²) >= 11 is 9.27. The van der Waals surface area contributed by atoms with Gasteiger partial charge in [-0.25, -0.2) is 0 Å². The fourth-order valence-electron chi connectivity index (χ4n) is 1.01. The lowest BCUT2D eigenvalue weighted by Crippen LogP contribution is -1.81. The van der Waals surface area contributed by atoms with Crippen molar-refractivity contribution in [2.45, 2.75) is 0 Å². The number of rotatable bonds is 1. The predicted octanol–water partition coefficient (Wildman–Crippen LogP) is 2.73. The number of anilines is 1. The smallest absolute Gasteiger partial charge is 0.313 e. The molecule has 0 saturated heterocycles. The molecule has 72 valence electrons. The van der Waals surface area contributed by atoms with Crippen LogP contribution in [0.5, 0.6) is 0 Å². The van der Waals surface area contributed by atoms with E-state index in [-0.39, 0.29) is 6.01 Å². The maximum atomic E-state index is 5.97. The number of nitrogen functional groups attached to an aromatic ring is 1. The lowest BCUT2D eigenvalue weighted by molar-refractivity contribution is 0.590. The molecule has 0 fully saturated rings. The van der Waals surface area contributed by atoms with E-state index in [1.807, 2.05) is 6.07 Å². The Labute approximate surface area is 93.2 Å². The molecule has 0 unspecified atom stereocenters. The topological polar surface area (TPSA) is 64.9 Å². The Morgan fingerprint density at radius 3 is 2.71 bits per heavy atom. The Kier molecular flexibility index (Phi) is 2.43. The molecule has 0 atom stereocenters. The molecule has 1 aromatic carbocycles. The number of hydrogen-bond acceptors (Lipinski definition) is 4. The monoisotopic (exact) mass is 273 g/mol. The van der Waals surface area contributed by atoms with Gasteiger partial charge in [-0.2, -0.15) is 0 Å². The molecule has 0 amide bonds. The van der Waals surface area contributed by atoms with E-state index in [0.717, 1.165) is 4.47 Å². The summed E-state index contributed by atoms with van der Waals surface area (Å²) in [5.41, 5.74) is 5.97. The summed E-state index contributed by atoms with van der Waals surface area (Å²) in [7, 11) is 0. The molecule has 0 aliphatic heterocycles. The van der Waals surface area contributed by atoms with Gasteiger partial charge in [-0.05, 0) is 18.2 Å². The summed E-state index contributed by atoms with van der Waals surface area (Å²) in [4.78, 5) is 0. The highest BCUT2D eigenvalue weighted by Crippen LogP contribution is 2.29. The highest BCUT2D eigenvalue weighted by Gasteiger charge is 2.10. The van der Waals surface area contributed by atoms with Gasteiger partial charge in [0.2, 0.25) is 0 Å². The first-order valence-electron chi connectivity index (χ1n) is 3.71. The second-order valence-corrected chi connectivity index (χ2v) is 3.89. The van der Waals surface area contributed by atoms with E-state index in [1.165, 1.54) is 0 Å². The first-order chi connectivity index (χ1) is 6.66. The summed E-state index contributed by atoms with van der Waals surface area (Å²) in [5, 5.41) is 7.81. The van der Waals surface area contributed by atoms with Crippen molar-refractivity contribution in [2.24, 2.45) is 0 Å². The molecule has 0 aliphatic rings. The Hall–Kier alpha value is -1.07. The molecule has 1 heterocycles. The van der Waals surface area contributed by atoms with E-state index < -0.39 is 0 Å². The molecule has 2 N–H and O–H groups in total. The van der Waals surface area contributed by atoms with E-state index >= 15 is 0 Å². The summed E-state index contributed by atoms with van der Waals surface area (Å²) in [6.07, 6.45) is 0. The highest BCUT2D eigenvalue weighted by atomic mass is 79.9. The van der Waals surface area contributed by atoms with Gasteiger partial charge in [-0.1, -0.05) is 32.6 Å². The maximum absolute atomic E-state index is 5.97. The lowest BCUT2D eigenvalue weighted by atomic mass is 10.2. The molecule has 0 saturated carbocycles. The number of nitrogens with two attached hydrogens (primary N) is 1. The molecule has 6 heteroatoms. The van der Waals surface area contributed by atoms with Crippen LogP contribution in [0.2, 0.25) is 5.02 Å². The molecule has 0 aliphatic carbocycles. The summed E-state index contributed by atoms with van der Waals surface area (Å²) in [6.45, 7) is 0. The van der Waals surface area contributed by atoms with Crippen molar-refractivity contribution in [3.05, 3.63) is 27.7 Å². The van der Waals surface area contributed by atoms with Crippen LogP contribution in [0.4, 0.5) is 6.01 Å². The van der Waals surface area contributed by atoms with Crippen molar-refractivity contribution in [2.75, 3.05) is 5.73 Å². The molecule has 4 nitrogen and oxygen atoms in total. The SMILES string of the molecule is Nc1nnc(-c2ccc(Br)cc2Cl)o1. The van der Waals surface area contributed by atoms with Gasteiger partial charge in [0.05, 0.1) is 10.6 Å². The van der Waals surface area contributed by atoms with E-state index in [0.29, 0.717) is 16.5 Å². The largest absolute Gasteiger partial charge is 0.404 e. The van der Waals surface area contributed by atoms with Crippen LogP contribution >= 0.6 is 27.5 Å². The average molecular weight is 275 g/mol. The van der Waals surface area contributed by atoms with Gasteiger partial charge in [0.15, 0.2) is 0 Å². The summed E-state index contributed by atoms with van der Waals surface area (Å²) < 4.78 is 5.93. The van der Waals surface area contributed by atoms with Crippen molar-refractivity contribution in [3.8, 4) is 11.5 Å². The van der Waals surface area contributed by atoms with Crippen molar-refractivity contribution in [3.63, 3.8) is 0 Å². The van der Waals surface area contributed by atoms with Crippen LogP contribution in [0.1, 0.15) is 0 Å². The van der Waals surface area contributed by atoms with E-state index in [1.54, 1.807) is 12.1 Å². The van der Waals surface area contributed by atoms with Gasteiger partial charge in [0.1, 0.15) is 0 Å². The Morgan fingerprint density at radius 1 is 1.36 bits per heavy atom. The molecule has 0 spiro atoms. The predicted molar refractivity (Wildman–Crippen MR) is 56.9 cm³/mol. The van der Waals surface area contributed by atoms with Crippen LogP contribution in [0, 0.1) is 0 Å². The Balaban J connectivity index is 2.52. The number of aromatic nitrogens is 2. The number of nitrogens with zero attached hydrogens (tertiary/aromatic N) is 2. The lowest BCUT2D eigenvalue weighted by Gasteiger charge is -1.98. The molecular formula is C8H5BrClN3O. The fraction of sp³-hybridized carbons (Fsp3) is 0. The van der Waals surface area contributed by atoms with Crippen LogP contribution in [0.25, 0.3) is 11.5 Å². The Morgan fingerprint density at radius 2 is 2.14 bits per heavy atom. The first kappa shape index (κ1) is 9.48. The number of benzene rings is 1. The molecule has 0 bridgehead atoms.